The maximum Gasteiger partial charge on any atom is 0.226 e. The monoisotopic (exact) mass is 409 g/mol. The smallest absolute Gasteiger partial charge is 0.226 e. The zero-order valence-electron chi connectivity index (χ0n) is 18.3. The molecule has 0 aromatic heterocycles. The van der Waals surface area contributed by atoms with Gasteiger partial charge in [0.25, 0.3) is 0 Å². The number of nitrogens with zero attached hydrogens (tertiary/aromatic N) is 1. The summed E-state index contributed by atoms with van der Waals surface area (Å²) >= 11 is 0. The number of hydrogen-bond acceptors (Lipinski definition) is 4. The Labute approximate surface area is 178 Å². The van der Waals surface area contributed by atoms with Crippen molar-refractivity contribution in [1.29, 1.82) is 0 Å². The van der Waals surface area contributed by atoms with E-state index in [0.29, 0.717) is 24.8 Å². The summed E-state index contributed by atoms with van der Waals surface area (Å²) < 4.78 is 17.2. The van der Waals surface area contributed by atoms with Crippen LogP contribution in [-0.4, -0.2) is 38.2 Å². The molecule has 160 valence electrons. The molecule has 2 aromatic rings. The number of ether oxygens (including phenoxy) is 3. The molecular formula is C25H31NO4. The number of fused-ring (bicyclic) bond motifs is 1. The predicted molar refractivity (Wildman–Crippen MR) is 116 cm³/mol. The predicted octanol–water partition coefficient (Wildman–Crippen LogP) is 4.74. The molecule has 0 bridgehead atoms. The van der Waals surface area contributed by atoms with E-state index in [0.717, 1.165) is 36.3 Å². The van der Waals surface area contributed by atoms with Gasteiger partial charge in [0.1, 0.15) is 12.4 Å². The summed E-state index contributed by atoms with van der Waals surface area (Å²) in [7, 11) is 3.29. The standard InChI is InChI=1S/C25H31NO4/c1-16(2)17-7-9-20(10-8-17)30-15-22-21-14-24(29-4)23(28-3)13-19(21)11-12-26(22)25(27)18-5-6-18/h7-10,13-14,16,18,22H,5-6,11-12,15H2,1-4H3/t22-/m1/s1. The molecule has 1 atom stereocenters. The summed E-state index contributed by atoms with van der Waals surface area (Å²) in [5.41, 5.74) is 3.57. The van der Waals surface area contributed by atoms with Crippen LogP contribution >= 0.6 is 0 Å². The van der Waals surface area contributed by atoms with E-state index >= 15 is 0 Å². The molecule has 2 aromatic carbocycles. The van der Waals surface area contributed by atoms with Crippen molar-refractivity contribution in [1.82, 2.24) is 4.90 Å². The normalized spacial score (nSPS) is 18.2. The minimum atomic E-state index is -0.133. The van der Waals surface area contributed by atoms with Crippen LogP contribution < -0.4 is 14.2 Å². The zero-order chi connectivity index (χ0) is 21.3. The number of methoxy groups -OCH3 is 2. The fourth-order valence-electron chi connectivity index (χ4n) is 4.16. The second-order valence-electron chi connectivity index (χ2n) is 8.51. The average molecular weight is 410 g/mol. The number of benzene rings is 2. The third-order valence-corrected chi connectivity index (χ3v) is 6.17. The van der Waals surface area contributed by atoms with Crippen LogP contribution in [0.4, 0.5) is 0 Å². The highest BCUT2D eigenvalue weighted by Crippen LogP contribution is 2.41. The molecule has 0 radical (unpaired) electrons. The third kappa shape index (κ3) is 4.11. The molecule has 30 heavy (non-hydrogen) atoms. The maximum atomic E-state index is 13.0. The van der Waals surface area contributed by atoms with Crippen LogP contribution in [0, 0.1) is 5.92 Å². The summed E-state index contributed by atoms with van der Waals surface area (Å²) in [6.07, 6.45) is 2.81. The molecule has 1 aliphatic carbocycles. The van der Waals surface area contributed by atoms with Crippen LogP contribution in [0.25, 0.3) is 0 Å². The van der Waals surface area contributed by atoms with Crippen LogP contribution in [0.15, 0.2) is 36.4 Å². The third-order valence-electron chi connectivity index (χ3n) is 6.17. The second kappa shape index (κ2) is 8.58. The summed E-state index contributed by atoms with van der Waals surface area (Å²) in [5.74, 6) is 3.15. The SMILES string of the molecule is COc1cc2c(cc1OC)[C@@H](COc1ccc(C(C)C)cc1)N(C(=O)C1CC1)CC2. The first-order valence-electron chi connectivity index (χ1n) is 10.8. The van der Waals surface area contributed by atoms with Crippen LogP contribution in [0.3, 0.4) is 0 Å². The molecule has 0 saturated heterocycles. The molecule has 5 heteroatoms. The average Bonchev–Trinajstić information content (AvgIpc) is 3.61. The molecule has 0 N–H and O–H groups in total. The highest BCUT2D eigenvalue weighted by molar-refractivity contribution is 5.82. The first-order valence-corrected chi connectivity index (χ1v) is 10.8. The van der Waals surface area contributed by atoms with E-state index < -0.39 is 0 Å². The Morgan fingerprint density at radius 1 is 1.07 bits per heavy atom. The van der Waals surface area contributed by atoms with Crippen molar-refractivity contribution in [3.8, 4) is 17.2 Å². The van der Waals surface area contributed by atoms with Gasteiger partial charge in [-0.1, -0.05) is 26.0 Å². The van der Waals surface area contributed by atoms with Gasteiger partial charge in [0, 0.05) is 12.5 Å². The van der Waals surface area contributed by atoms with Gasteiger partial charge in [-0.15, -0.1) is 0 Å². The number of carbonyl (C=O) groups excluding carboxylic acids is 1. The minimum absolute atomic E-state index is 0.133. The molecule has 5 nitrogen and oxygen atoms in total. The number of hydrogen-bond donors (Lipinski definition) is 0. The van der Waals surface area contributed by atoms with Crippen molar-refractivity contribution >= 4 is 5.91 Å². The molecule has 1 amide bonds. The topological polar surface area (TPSA) is 48.0 Å². The van der Waals surface area contributed by atoms with Gasteiger partial charge in [-0.3, -0.25) is 4.79 Å². The fourth-order valence-corrected chi connectivity index (χ4v) is 4.16. The van der Waals surface area contributed by atoms with E-state index in [1.165, 1.54) is 11.1 Å². The Morgan fingerprint density at radius 2 is 1.73 bits per heavy atom. The number of carbonyl (C=O) groups is 1. The Bertz CT molecular complexity index is 902. The van der Waals surface area contributed by atoms with Crippen molar-refractivity contribution in [2.75, 3.05) is 27.4 Å². The molecule has 0 unspecified atom stereocenters. The van der Waals surface area contributed by atoms with Crippen molar-refractivity contribution in [3.05, 3.63) is 53.1 Å². The van der Waals surface area contributed by atoms with Gasteiger partial charge in [0.15, 0.2) is 11.5 Å². The lowest BCUT2D eigenvalue weighted by molar-refractivity contribution is -0.136. The Hall–Kier alpha value is -2.69. The van der Waals surface area contributed by atoms with Gasteiger partial charge < -0.3 is 19.1 Å². The van der Waals surface area contributed by atoms with E-state index in [-0.39, 0.29) is 17.9 Å². The van der Waals surface area contributed by atoms with Gasteiger partial charge in [-0.25, -0.2) is 0 Å². The van der Waals surface area contributed by atoms with Crippen LogP contribution in [-0.2, 0) is 11.2 Å². The lowest BCUT2D eigenvalue weighted by Gasteiger charge is -2.38. The van der Waals surface area contributed by atoms with Gasteiger partial charge in [0.05, 0.1) is 20.3 Å². The first-order chi connectivity index (χ1) is 14.5. The molecule has 0 spiro atoms. The zero-order valence-corrected chi connectivity index (χ0v) is 18.3. The summed E-state index contributed by atoms with van der Waals surface area (Å²) in [6, 6.07) is 12.2. The van der Waals surface area contributed by atoms with E-state index in [2.05, 4.69) is 26.0 Å². The van der Waals surface area contributed by atoms with Crippen molar-refractivity contribution in [2.45, 2.75) is 45.1 Å². The fraction of sp³-hybridized carbons (Fsp3) is 0.480. The summed E-state index contributed by atoms with van der Waals surface area (Å²) in [4.78, 5) is 15.0. The lowest BCUT2D eigenvalue weighted by atomic mass is 9.91. The highest BCUT2D eigenvalue weighted by Gasteiger charge is 2.39. The summed E-state index contributed by atoms with van der Waals surface area (Å²) in [5, 5.41) is 0. The van der Waals surface area contributed by atoms with Crippen molar-refractivity contribution in [2.24, 2.45) is 5.92 Å². The molecule has 1 heterocycles. The number of amides is 1. The largest absolute Gasteiger partial charge is 0.493 e. The van der Waals surface area contributed by atoms with E-state index in [1.54, 1.807) is 14.2 Å². The number of rotatable bonds is 7. The Kier molecular flexibility index (Phi) is 5.89. The quantitative estimate of drug-likeness (QED) is 0.663. The molecule has 1 fully saturated rings. The molecule has 1 saturated carbocycles. The maximum absolute atomic E-state index is 13.0. The highest BCUT2D eigenvalue weighted by atomic mass is 16.5. The van der Waals surface area contributed by atoms with Crippen molar-refractivity contribution in [3.63, 3.8) is 0 Å². The molecule has 4 rings (SSSR count). The first kappa shape index (κ1) is 20.6. The Balaban J connectivity index is 1.61. The van der Waals surface area contributed by atoms with Crippen LogP contribution in [0.5, 0.6) is 17.2 Å². The van der Waals surface area contributed by atoms with Gasteiger partial charge in [-0.05, 0) is 66.1 Å². The van der Waals surface area contributed by atoms with E-state index in [4.69, 9.17) is 14.2 Å². The van der Waals surface area contributed by atoms with Crippen LogP contribution in [0.1, 0.15) is 55.3 Å². The minimum Gasteiger partial charge on any atom is -0.493 e. The molecule has 1 aliphatic heterocycles. The molecule has 2 aliphatic rings. The second-order valence-corrected chi connectivity index (χ2v) is 8.51. The van der Waals surface area contributed by atoms with Crippen molar-refractivity contribution < 1.29 is 19.0 Å². The lowest BCUT2D eigenvalue weighted by Crippen LogP contribution is -2.43. The van der Waals surface area contributed by atoms with Gasteiger partial charge in [-0.2, -0.15) is 0 Å². The van der Waals surface area contributed by atoms with Gasteiger partial charge in [0.2, 0.25) is 5.91 Å². The van der Waals surface area contributed by atoms with E-state index in [1.807, 2.05) is 29.2 Å². The van der Waals surface area contributed by atoms with E-state index in [9.17, 15) is 4.79 Å². The van der Waals surface area contributed by atoms with Gasteiger partial charge >= 0.3 is 0 Å². The Morgan fingerprint density at radius 3 is 2.33 bits per heavy atom. The molecular weight excluding hydrogens is 378 g/mol. The van der Waals surface area contributed by atoms with Crippen LogP contribution in [0.2, 0.25) is 0 Å². The summed E-state index contributed by atoms with van der Waals surface area (Å²) in [6.45, 7) is 5.48.